The van der Waals surface area contributed by atoms with Crippen LogP contribution in [0.25, 0.3) is 10.9 Å². The lowest BCUT2D eigenvalue weighted by atomic mass is 10.1. The van der Waals surface area contributed by atoms with Gasteiger partial charge in [0.05, 0.1) is 23.5 Å². The van der Waals surface area contributed by atoms with Gasteiger partial charge >= 0.3 is 5.97 Å². The van der Waals surface area contributed by atoms with E-state index < -0.39 is 33.4 Å². The average Bonchev–Trinajstić information content (AvgIpc) is 2.75. The summed E-state index contributed by atoms with van der Waals surface area (Å²) in [6.45, 7) is 7.92. The third-order valence-electron chi connectivity index (χ3n) is 5.15. The maximum Gasteiger partial charge on any atom is 0.310 e. The van der Waals surface area contributed by atoms with Crippen molar-refractivity contribution in [3.63, 3.8) is 0 Å². The molecule has 170 valence electrons. The second-order valence-electron chi connectivity index (χ2n) is 7.11. The lowest BCUT2D eigenvalue weighted by Crippen LogP contribution is -2.37. The van der Waals surface area contributed by atoms with E-state index in [2.05, 4.69) is 4.98 Å². The van der Waals surface area contributed by atoms with E-state index in [4.69, 9.17) is 4.74 Å². The molecule has 0 spiro atoms. The summed E-state index contributed by atoms with van der Waals surface area (Å²) in [6, 6.07) is 5.46. The summed E-state index contributed by atoms with van der Waals surface area (Å²) in [7, 11) is -2.47. The minimum Gasteiger partial charge on any atom is -0.469 e. The molecule has 1 N–H and O–H groups in total. The van der Waals surface area contributed by atoms with E-state index >= 15 is 0 Å². The van der Waals surface area contributed by atoms with Gasteiger partial charge in [0.15, 0.2) is 0 Å². The second-order valence-corrected chi connectivity index (χ2v) is 9.05. The predicted octanol–water partition coefficient (Wildman–Crippen LogP) is 1.83. The van der Waals surface area contributed by atoms with E-state index in [0.717, 1.165) is 6.07 Å². The van der Waals surface area contributed by atoms with Gasteiger partial charge in [0.25, 0.3) is 5.91 Å². The van der Waals surface area contributed by atoms with Crippen molar-refractivity contribution in [2.45, 2.75) is 32.6 Å². The Balaban J connectivity index is 2.60. The number of aromatic nitrogens is 1. The van der Waals surface area contributed by atoms with Crippen molar-refractivity contribution >= 4 is 32.8 Å². The molecule has 2 aromatic rings. The average molecular weight is 452 g/mol. The van der Waals surface area contributed by atoms with Gasteiger partial charge in [-0.15, -0.1) is 0 Å². The molecular formula is C21H29N3O6S. The fourth-order valence-electron chi connectivity index (χ4n) is 3.42. The molecule has 1 heterocycles. The zero-order valence-corrected chi connectivity index (χ0v) is 19.3. The van der Waals surface area contributed by atoms with E-state index in [1.54, 1.807) is 27.7 Å². The normalized spacial score (nSPS) is 12.7. The van der Waals surface area contributed by atoms with E-state index in [9.17, 15) is 22.8 Å². The molecule has 0 bridgehead atoms. The van der Waals surface area contributed by atoms with Crippen LogP contribution in [0.5, 0.6) is 0 Å². The van der Waals surface area contributed by atoms with Crippen molar-refractivity contribution in [2.75, 3.05) is 33.3 Å². The number of nitrogens with one attached hydrogen (secondary N) is 1. The number of amides is 1. The molecule has 0 aliphatic carbocycles. The molecule has 0 saturated carbocycles. The number of hydrogen-bond acceptors (Lipinski definition) is 6. The molecule has 1 aromatic carbocycles. The minimum absolute atomic E-state index is 0.0378. The molecule has 0 aliphatic heterocycles. The number of aromatic amines is 1. The van der Waals surface area contributed by atoms with Crippen LogP contribution in [0.4, 0.5) is 0 Å². The van der Waals surface area contributed by atoms with Crippen molar-refractivity contribution in [2.24, 2.45) is 5.92 Å². The quantitative estimate of drug-likeness (QED) is 0.582. The number of hydrogen-bond donors (Lipinski definition) is 1. The third-order valence-corrected chi connectivity index (χ3v) is 7.20. The molecule has 1 atom stereocenters. The summed E-state index contributed by atoms with van der Waals surface area (Å²) in [5, 5.41) is 0.321. The number of carbonyl (C=O) groups is 2. The summed E-state index contributed by atoms with van der Waals surface area (Å²) in [5.41, 5.74) is -0.0482. The fourth-order valence-corrected chi connectivity index (χ4v) is 4.90. The van der Waals surface area contributed by atoms with Crippen LogP contribution < -0.4 is 5.56 Å². The standard InChI is InChI=1S/C21H29N3O6S/c1-6-23(13-14(4)21(27)30-5)20(26)17-12-19(25)22-18-10-9-15(11-16(17)18)31(28,29)24(7-2)8-3/h9-12,14H,6-8,13H2,1-5H3,(H,22,25). The first-order valence-electron chi connectivity index (χ1n) is 10.1. The number of rotatable bonds is 9. The first-order chi connectivity index (χ1) is 14.6. The van der Waals surface area contributed by atoms with Gasteiger partial charge in [0.1, 0.15) is 0 Å². The highest BCUT2D eigenvalue weighted by Gasteiger charge is 2.26. The SMILES string of the molecule is CCN(CC(C)C(=O)OC)C(=O)c1cc(=O)[nH]c2ccc(S(=O)(=O)N(CC)CC)cc12. The molecule has 31 heavy (non-hydrogen) atoms. The number of pyridine rings is 1. The van der Waals surface area contributed by atoms with Gasteiger partial charge in [0, 0.05) is 43.1 Å². The zero-order chi connectivity index (χ0) is 23.3. The Morgan fingerprint density at radius 2 is 1.74 bits per heavy atom. The van der Waals surface area contributed by atoms with Gasteiger partial charge in [-0.1, -0.05) is 20.8 Å². The van der Waals surface area contributed by atoms with Gasteiger partial charge in [-0.3, -0.25) is 14.4 Å². The molecule has 2 rings (SSSR count). The molecule has 10 heteroatoms. The number of methoxy groups -OCH3 is 1. The smallest absolute Gasteiger partial charge is 0.310 e. The second kappa shape index (κ2) is 10.1. The number of esters is 1. The largest absolute Gasteiger partial charge is 0.469 e. The fraction of sp³-hybridized carbons (Fsp3) is 0.476. The first kappa shape index (κ1) is 24.5. The number of H-pyrrole nitrogens is 1. The summed E-state index contributed by atoms with van der Waals surface area (Å²) in [5.74, 6) is -1.47. The number of nitrogens with zero attached hydrogens (tertiary/aromatic N) is 2. The maximum absolute atomic E-state index is 13.3. The van der Waals surface area contributed by atoms with E-state index in [1.165, 1.54) is 34.5 Å². The summed E-state index contributed by atoms with van der Waals surface area (Å²) in [6.07, 6.45) is 0. The van der Waals surface area contributed by atoms with Gasteiger partial charge in [-0.05, 0) is 25.1 Å². The van der Waals surface area contributed by atoms with Crippen LogP contribution in [-0.4, -0.2) is 67.8 Å². The molecule has 1 amide bonds. The number of ether oxygens (including phenoxy) is 1. The van der Waals surface area contributed by atoms with Crippen LogP contribution in [0.3, 0.4) is 0 Å². The highest BCUT2D eigenvalue weighted by Crippen LogP contribution is 2.24. The topological polar surface area (TPSA) is 117 Å². The Bertz CT molecular complexity index is 1120. The molecule has 0 fully saturated rings. The molecule has 0 radical (unpaired) electrons. The number of sulfonamides is 1. The highest BCUT2D eigenvalue weighted by molar-refractivity contribution is 7.89. The lowest BCUT2D eigenvalue weighted by Gasteiger charge is -2.24. The van der Waals surface area contributed by atoms with Gasteiger partial charge in [-0.25, -0.2) is 8.42 Å². The number of benzene rings is 1. The Morgan fingerprint density at radius 3 is 2.29 bits per heavy atom. The van der Waals surface area contributed by atoms with Crippen molar-refractivity contribution in [3.8, 4) is 0 Å². The lowest BCUT2D eigenvalue weighted by molar-refractivity contribution is -0.145. The van der Waals surface area contributed by atoms with E-state index in [1.807, 2.05) is 0 Å². The Kier molecular flexibility index (Phi) is 7.96. The van der Waals surface area contributed by atoms with Crippen molar-refractivity contribution < 1.29 is 22.7 Å². The van der Waals surface area contributed by atoms with Crippen LogP contribution in [-0.2, 0) is 19.6 Å². The Labute approximate surface area is 182 Å². The summed E-state index contributed by atoms with van der Waals surface area (Å²) in [4.78, 5) is 41.3. The molecule has 9 nitrogen and oxygen atoms in total. The van der Waals surface area contributed by atoms with Gasteiger partial charge in [-0.2, -0.15) is 4.31 Å². The van der Waals surface area contributed by atoms with Crippen LogP contribution in [0.15, 0.2) is 34.0 Å². The Morgan fingerprint density at radius 1 is 1.10 bits per heavy atom. The molecule has 1 aromatic heterocycles. The van der Waals surface area contributed by atoms with Gasteiger partial charge in [0.2, 0.25) is 15.6 Å². The summed E-state index contributed by atoms with van der Waals surface area (Å²) >= 11 is 0. The predicted molar refractivity (Wildman–Crippen MR) is 117 cm³/mol. The number of fused-ring (bicyclic) bond motifs is 1. The minimum atomic E-state index is -3.75. The zero-order valence-electron chi connectivity index (χ0n) is 18.5. The van der Waals surface area contributed by atoms with Crippen LogP contribution in [0, 0.1) is 5.92 Å². The monoisotopic (exact) mass is 451 g/mol. The van der Waals surface area contributed by atoms with Crippen LogP contribution in [0.2, 0.25) is 0 Å². The van der Waals surface area contributed by atoms with Gasteiger partial charge < -0.3 is 14.6 Å². The molecule has 0 aliphatic rings. The molecule has 0 saturated heterocycles. The number of carbonyl (C=O) groups excluding carboxylic acids is 2. The van der Waals surface area contributed by atoms with Crippen molar-refractivity contribution in [3.05, 3.63) is 40.2 Å². The summed E-state index contributed by atoms with van der Waals surface area (Å²) < 4.78 is 31.9. The third kappa shape index (κ3) is 5.13. The van der Waals surface area contributed by atoms with Crippen LogP contribution >= 0.6 is 0 Å². The van der Waals surface area contributed by atoms with E-state index in [-0.39, 0.29) is 17.0 Å². The maximum atomic E-state index is 13.3. The first-order valence-corrected chi connectivity index (χ1v) is 11.6. The molecular weight excluding hydrogens is 422 g/mol. The van der Waals surface area contributed by atoms with Crippen molar-refractivity contribution in [1.29, 1.82) is 0 Å². The highest BCUT2D eigenvalue weighted by atomic mass is 32.2. The van der Waals surface area contributed by atoms with Crippen molar-refractivity contribution in [1.82, 2.24) is 14.2 Å². The Hall–Kier alpha value is -2.72. The van der Waals surface area contributed by atoms with Crippen LogP contribution in [0.1, 0.15) is 38.1 Å². The molecule has 1 unspecified atom stereocenters. The van der Waals surface area contributed by atoms with E-state index in [0.29, 0.717) is 30.5 Å².